The van der Waals surface area contributed by atoms with Gasteiger partial charge >= 0.3 is 5.97 Å². The van der Waals surface area contributed by atoms with Gasteiger partial charge in [0.25, 0.3) is 0 Å². The molecule has 2 aliphatic rings. The van der Waals surface area contributed by atoms with Crippen LogP contribution in [0.5, 0.6) is 0 Å². The number of ether oxygens (including phenoxy) is 1. The lowest BCUT2D eigenvalue weighted by atomic mass is 9.85. The average molecular weight is 352 g/mol. The number of hydrogen-bond donors (Lipinski definition) is 0. The van der Waals surface area contributed by atoms with E-state index in [1.165, 1.54) is 0 Å². The van der Waals surface area contributed by atoms with E-state index in [0.29, 0.717) is 6.42 Å². The largest absolute Gasteiger partial charge is 0.439 e. The molecule has 2 fully saturated rings. The van der Waals surface area contributed by atoms with Crippen LogP contribution in [0.3, 0.4) is 0 Å². The molecule has 26 heavy (non-hydrogen) atoms. The zero-order valence-electron chi connectivity index (χ0n) is 16.1. The van der Waals surface area contributed by atoms with Gasteiger partial charge in [-0.3, -0.25) is 9.69 Å². The summed E-state index contributed by atoms with van der Waals surface area (Å²) in [6, 6.07) is 7.95. The standard InChI is InChI=1S/C22H26NO3/c1-15-10-6-7-13-17(15)14-22(5)20(25)26-18(16-11-8-9-12-16)23(22)19(24)21(2,3)4/h6-13,18H,14H2,1-5H3/t18-,22+/m0/s1. The smallest absolute Gasteiger partial charge is 0.334 e. The molecule has 0 aromatic heterocycles. The van der Waals surface area contributed by atoms with Crippen molar-refractivity contribution in [3.05, 3.63) is 67.0 Å². The summed E-state index contributed by atoms with van der Waals surface area (Å²) in [5, 5.41) is 0. The molecule has 1 aliphatic heterocycles. The number of carbonyl (C=O) groups is 2. The molecule has 1 aromatic carbocycles. The number of aryl methyl sites for hydroxylation is 1. The maximum atomic E-state index is 13.3. The van der Waals surface area contributed by atoms with Crippen molar-refractivity contribution in [1.82, 2.24) is 4.90 Å². The van der Waals surface area contributed by atoms with Crippen molar-refractivity contribution in [3.8, 4) is 0 Å². The quantitative estimate of drug-likeness (QED) is 0.783. The molecule has 4 nitrogen and oxygen atoms in total. The molecule has 1 aliphatic carbocycles. The first-order valence-electron chi connectivity index (χ1n) is 8.95. The molecule has 1 heterocycles. The molecule has 4 heteroatoms. The molecule has 0 unspecified atom stereocenters. The van der Waals surface area contributed by atoms with Gasteiger partial charge in [0, 0.05) is 17.8 Å². The fourth-order valence-corrected chi connectivity index (χ4v) is 3.44. The lowest BCUT2D eigenvalue weighted by Crippen LogP contribution is -2.57. The molecule has 0 spiro atoms. The van der Waals surface area contributed by atoms with Crippen molar-refractivity contribution in [3.63, 3.8) is 0 Å². The number of esters is 1. The van der Waals surface area contributed by atoms with Gasteiger partial charge in [-0.2, -0.15) is 0 Å². The summed E-state index contributed by atoms with van der Waals surface area (Å²) < 4.78 is 5.73. The third-order valence-corrected chi connectivity index (χ3v) is 5.05. The minimum absolute atomic E-state index is 0.0920. The summed E-state index contributed by atoms with van der Waals surface area (Å²) in [5.74, 6) is 0.375. The van der Waals surface area contributed by atoms with Crippen LogP contribution in [-0.4, -0.2) is 28.5 Å². The summed E-state index contributed by atoms with van der Waals surface area (Å²) in [7, 11) is 0. The second-order valence-electron chi connectivity index (χ2n) is 8.28. The minimum atomic E-state index is -1.04. The number of nitrogens with zero attached hydrogens (tertiary/aromatic N) is 1. The van der Waals surface area contributed by atoms with Crippen molar-refractivity contribution in [2.24, 2.45) is 5.41 Å². The van der Waals surface area contributed by atoms with E-state index in [-0.39, 0.29) is 11.9 Å². The Morgan fingerprint density at radius 3 is 2.38 bits per heavy atom. The number of rotatable bonds is 3. The van der Waals surface area contributed by atoms with Crippen LogP contribution < -0.4 is 0 Å². The normalized spacial score (nSPS) is 27.0. The van der Waals surface area contributed by atoms with Gasteiger partial charge in [0.05, 0.1) is 0 Å². The van der Waals surface area contributed by atoms with Crippen LogP contribution in [0.15, 0.2) is 24.3 Å². The number of hydrogen-bond acceptors (Lipinski definition) is 3. The second-order valence-corrected chi connectivity index (χ2v) is 8.28. The van der Waals surface area contributed by atoms with Gasteiger partial charge in [0.15, 0.2) is 6.23 Å². The average Bonchev–Trinajstić information content (AvgIpc) is 3.16. The van der Waals surface area contributed by atoms with Gasteiger partial charge in [-0.1, -0.05) is 45.0 Å². The van der Waals surface area contributed by atoms with E-state index in [0.717, 1.165) is 17.0 Å². The molecule has 1 saturated carbocycles. The van der Waals surface area contributed by atoms with Crippen molar-refractivity contribution in [1.29, 1.82) is 0 Å². The molecule has 1 amide bonds. The van der Waals surface area contributed by atoms with Gasteiger partial charge in [-0.05, 0) is 50.7 Å². The third kappa shape index (κ3) is 3.26. The van der Waals surface area contributed by atoms with Crippen molar-refractivity contribution < 1.29 is 14.3 Å². The van der Waals surface area contributed by atoms with E-state index >= 15 is 0 Å². The summed E-state index contributed by atoms with van der Waals surface area (Å²) in [6.07, 6.45) is 7.30. The summed E-state index contributed by atoms with van der Waals surface area (Å²) in [5.41, 5.74) is 0.479. The lowest BCUT2D eigenvalue weighted by Gasteiger charge is -2.39. The van der Waals surface area contributed by atoms with E-state index in [9.17, 15) is 9.59 Å². The van der Waals surface area contributed by atoms with E-state index in [1.807, 2.05) is 84.6 Å². The van der Waals surface area contributed by atoms with Gasteiger partial charge in [-0.25, -0.2) is 4.79 Å². The zero-order valence-corrected chi connectivity index (χ0v) is 16.1. The molecule has 3 rings (SSSR count). The Bertz CT molecular complexity index is 700. The predicted molar refractivity (Wildman–Crippen MR) is 99.9 cm³/mol. The number of benzene rings is 1. The van der Waals surface area contributed by atoms with E-state index in [2.05, 4.69) is 0 Å². The first-order chi connectivity index (χ1) is 12.1. The molecule has 1 aromatic rings. The molecule has 0 N–H and O–H groups in total. The van der Waals surface area contributed by atoms with Crippen LogP contribution in [0, 0.1) is 43.9 Å². The van der Waals surface area contributed by atoms with E-state index in [4.69, 9.17) is 4.74 Å². The Morgan fingerprint density at radius 1 is 1.19 bits per heavy atom. The summed E-state index contributed by atoms with van der Waals surface area (Å²) in [4.78, 5) is 27.9. The fourth-order valence-electron chi connectivity index (χ4n) is 3.44. The molecular formula is C22H26NO3. The highest BCUT2D eigenvalue weighted by Crippen LogP contribution is 2.42. The highest BCUT2D eigenvalue weighted by molar-refractivity contribution is 5.93. The van der Waals surface area contributed by atoms with Gasteiger partial charge in [-0.15, -0.1) is 0 Å². The Morgan fingerprint density at radius 2 is 1.81 bits per heavy atom. The highest BCUT2D eigenvalue weighted by atomic mass is 16.6. The minimum Gasteiger partial charge on any atom is -0.439 e. The van der Waals surface area contributed by atoms with Crippen molar-refractivity contribution in [2.45, 2.75) is 52.8 Å². The fraction of sp³-hybridized carbons (Fsp3) is 0.409. The maximum absolute atomic E-state index is 13.3. The van der Waals surface area contributed by atoms with Crippen LogP contribution in [0.4, 0.5) is 0 Å². The highest BCUT2D eigenvalue weighted by Gasteiger charge is 2.58. The van der Waals surface area contributed by atoms with Crippen molar-refractivity contribution in [2.75, 3.05) is 0 Å². The van der Waals surface area contributed by atoms with Crippen LogP contribution in [0.25, 0.3) is 0 Å². The maximum Gasteiger partial charge on any atom is 0.334 e. The van der Waals surface area contributed by atoms with Gasteiger partial charge < -0.3 is 4.74 Å². The number of amides is 1. The Balaban J connectivity index is 2.01. The first-order valence-corrected chi connectivity index (χ1v) is 8.95. The number of carbonyl (C=O) groups excluding carboxylic acids is 2. The monoisotopic (exact) mass is 352 g/mol. The van der Waals surface area contributed by atoms with E-state index < -0.39 is 17.2 Å². The molecule has 137 valence electrons. The van der Waals surface area contributed by atoms with Gasteiger partial charge in [0.1, 0.15) is 5.54 Å². The lowest BCUT2D eigenvalue weighted by molar-refractivity contribution is -0.148. The topological polar surface area (TPSA) is 46.6 Å². The molecule has 2 atom stereocenters. The van der Waals surface area contributed by atoms with Crippen LogP contribution >= 0.6 is 0 Å². The Kier molecular flexibility index (Phi) is 4.89. The van der Waals surface area contributed by atoms with E-state index in [1.54, 1.807) is 4.90 Å². The third-order valence-electron chi connectivity index (χ3n) is 5.05. The summed E-state index contributed by atoms with van der Waals surface area (Å²) >= 11 is 0. The van der Waals surface area contributed by atoms with Crippen LogP contribution in [0.2, 0.25) is 0 Å². The molecule has 1 saturated heterocycles. The first kappa shape index (κ1) is 18.9. The molecule has 5 radical (unpaired) electrons. The Hall–Kier alpha value is -1.84. The SMILES string of the molecule is Cc1ccccc1C[C@]1(C)C(=O)O[C@@H]([C]2[CH][CH][CH][CH]2)N1C(=O)C(C)(C)C. The number of cyclic esters (lactones) is 1. The van der Waals surface area contributed by atoms with Gasteiger partial charge in [0.2, 0.25) is 5.91 Å². The Labute approximate surface area is 156 Å². The summed E-state index contributed by atoms with van der Waals surface area (Å²) in [6.45, 7) is 9.44. The zero-order chi connectivity index (χ0) is 19.1. The molecule has 0 bridgehead atoms. The van der Waals surface area contributed by atoms with Crippen LogP contribution in [-0.2, 0) is 20.7 Å². The predicted octanol–water partition coefficient (Wildman–Crippen LogP) is 3.46. The van der Waals surface area contributed by atoms with Crippen LogP contribution in [0.1, 0.15) is 38.8 Å². The van der Waals surface area contributed by atoms with Crippen molar-refractivity contribution >= 4 is 11.9 Å². The molecular weight excluding hydrogens is 326 g/mol. The second kappa shape index (κ2) is 6.71.